The van der Waals surface area contributed by atoms with E-state index in [1.807, 2.05) is 12.1 Å². The number of nitrogens with two attached hydrogens (primary N) is 1. The van der Waals surface area contributed by atoms with Crippen molar-refractivity contribution >= 4 is 16.6 Å². The molecule has 1 heterocycles. The van der Waals surface area contributed by atoms with Gasteiger partial charge in [0.25, 0.3) is 0 Å². The number of unbranched alkanes of at least 4 members (excludes halogenated alkanes) is 6. The van der Waals surface area contributed by atoms with Crippen molar-refractivity contribution in [3.05, 3.63) is 30.0 Å². The second-order valence-electron chi connectivity index (χ2n) is 7.95. The summed E-state index contributed by atoms with van der Waals surface area (Å²) in [7, 11) is 1.63. The van der Waals surface area contributed by atoms with Crippen LogP contribution in [0.5, 0.6) is 5.75 Å². The minimum absolute atomic E-state index is 0.574. The van der Waals surface area contributed by atoms with Gasteiger partial charge in [-0.2, -0.15) is 0 Å². The molecule has 2 rings (SSSR count). The Morgan fingerprint density at radius 1 is 1.03 bits per heavy atom. The van der Waals surface area contributed by atoms with Crippen LogP contribution in [0, 0.1) is 0 Å². The third kappa shape index (κ3) is 7.16. The Balaban J connectivity index is 2.13. The number of methoxy groups -OCH3 is 1. The molecule has 2 aromatic rings. The second kappa shape index (κ2) is 12.7. The largest absolute Gasteiger partial charge is 0.497 e. The van der Waals surface area contributed by atoms with Crippen molar-refractivity contribution in [2.24, 2.45) is 0 Å². The summed E-state index contributed by atoms with van der Waals surface area (Å²) in [5.41, 5.74) is 8.32. The van der Waals surface area contributed by atoms with Gasteiger partial charge in [-0.25, -0.2) is 0 Å². The van der Waals surface area contributed by atoms with Crippen LogP contribution in [0.25, 0.3) is 10.9 Å². The van der Waals surface area contributed by atoms with Crippen LogP contribution in [0.1, 0.15) is 76.9 Å². The van der Waals surface area contributed by atoms with Crippen molar-refractivity contribution in [1.82, 2.24) is 9.88 Å². The number of aliphatic hydroxyl groups excluding tert-OH is 1. The van der Waals surface area contributed by atoms with Gasteiger partial charge in [0.05, 0.1) is 24.4 Å². The number of fused-ring (bicyclic) bond motifs is 1. The number of aromatic nitrogens is 1. The van der Waals surface area contributed by atoms with E-state index in [0.29, 0.717) is 18.0 Å². The number of nitrogens with zero attached hydrogens (tertiary/aromatic N) is 2. The van der Waals surface area contributed by atoms with Gasteiger partial charge in [-0.1, -0.05) is 52.4 Å². The fourth-order valence-corrected chi connectivity index (χ4v) is 3.85. The lowest BCUT2D eigenvalue weighted by Gasteiger charge is -2.26. The van der Waals surface area contributed by atoms with Crippen molar-refractivity contribution in [1.29, 1.82) is 0 Å². The third-order valence-electron chi connectivity index (χ3n) is 5.56. The number of benzene rings is 1. The predicted octanol–water partition coefficient (Wildman–Crippen LogP) is 5.32. The maximum Gasteiger partial charge on any atom is 0.121 e. The summed E-state index contributed by atoms with van der Waals surface area (Å²) in [6.45, 7) is 7.19. The Morgan fingerprint density at radius 2 is 1.69 bits per heavy atom. The lowest BCUT2D eigenvalue weighted by Crippen LogP contribution is -2.31. The molecule has 1 aromatic carbocycles. The van der Waals surface area contributed by atoms with Gasteiger partial charge >= 0.3 is 0 Å². The summed E-state index contributed by atoms with van der Waals surface area (Å²) in [5, 5.41) is 12.0. The van der Waals surface area contributed by atoms with Gasteiger partial charge in [0.1, 0.15) is 5.75 Å². The molecule has 3 N–H and O–H groups in total. The topological polar surface area (TPSA) is 71.6 Å². The van der Waals surface area contributed by atoms with Gasteiger partial charge in [0, 0.05) is 24.2 Å². The van der Waals surface area contributed by atoms with Crippen molar-refractivity contribution in [2.45, 2.75) is 71.3 Å². The highest BCUT2D eigenvalue weighted by atomic mass is 16.5. The molecule has 0 fully saturated rings. The normalized spacial score (nSPS) is 12.6. The van der Waals surface area contributed by atoms with E-state index in [2.05, 4.69) is 23.7 Å². The molecule has 5 heteroatoms. The molecule has 0 saturated carbocycles. The maximum absolute atomic E-state index is 11.1. The Labute approximate surface area is 176 Å². The average Bonchev–Trinajstić information content (AvgIpc) is 2.73. The summed E-state index contributed by atoms with van der Waals surface area (Å²) < 4.78 is 5.37. The van der Waals surface area contributed by atoms with Crippen molar-refractivity contribution < 1.29 is 9.84 Å². The third-order valence-corrected chi connectivity index (χ3v) is 5.56. The van der Waals surface area contributed by atoms with E-state index < -0.39 is 6.10 Å². The zero-order chi connectivity index (χ0) is 21.1. The molecule has 1 unspecified atom stereocenters. The minimum atomic E-state index is -0.579. The highest BCUT2D eigenvalue weighted by Gasteiger charge is 2.17. The van der Waals surface area contributed by atoms with Gasteiger partial charge in [-0.05, 0) is 43.6 Å². The molecule has 5 nitrogen and oxygen atoms in total. The monoisotopic (exact) mass is 401 g/mol. The first-order chi connectivity index (χ1) is 14.1. The van der Waals surface area contributed by atoms with Crippen molar-refractivity contribution in [3.8, 4) is 5.75 Å². The van der Waals surface area contributed by atoms with E-state index >= 15 is 0 Å². The number of hydrogen-bond acceptors (Lipinski definition) is 5. The lowest BCUT2D eigenvalue weighted by atomic mass is 10.0. The van der Waals surface area contributed by atoms with E-state index in [9.17, 15) is 5.11 Å². The van der Waals surface area contributed by atoms with E-state index in [1.54, 1.807) is 19.4 Å². The number of aliphatic hydroxyl groups is 1. The molecule has 0 aliphatic rings. The van der Waals surface area contributed by atoms with Crippen LogP contribution in [0.15, 0.2) is 24.4 Å². The summed E-state index contributed by atoms with van der Waals surface area (Å²) in [4.78, 5) is 6.84. The number of rotatable bonds is 14. The lowest BCUT2D eigenvalue weighted by molar-refractivity contribution is 0.111. The highest BCUT2D eigenvalue weighted by Crippen LogP contribution is 2.31. The Morgan fingerprint density at radius 3 is 2.28 bits per heavy atom. The van der Waals surface area contributed by atoms with Crippen LogP contribution < -0.4 is 10.5 Å². The first-order valence-electron chi connectivity index (χ1n) is 11.2. The summed E-state index contributed by atoms with van der Waals surface area (Å²) in [5.74, 6) is 0.687. The van der Waals surface area contributed by atoms with Crippen LogP contribution in [0.4, 0.5) is 5.69 Å². The van der Waals surface area contributed by atoms with E-state index in [0.717, 1.165) is 29.6 Å². The molecule has 0 aliphatic carbocycles. The Bertz CT molecular complexity index is 723. The van der Waals surface area contributed by atoms with E-state index in [4.69, 9.17) is 10.5 Å². The molecule has 1 aromatic heterocycles. The number of anilines is 1. The van der Waals surface area contributed by atoms with Crippen LogP contribution in [0.2, 0.25) is 0 Å². The van der Waals surface area contributed by atoms with Crippen molar-refractivity contribution in [3.63, 3.8) is 0 Å². The molecule has 162 valence electrons. The number of hydrogen-bond donors (Lipinski definition) is 2. The molecular formula is C24H39N3O2. The van der Waals surface area contributed by atoms with Gasteiger partial charge in [-0.3, -0.25) is 4.98 Å². The molecule has 0 saturated heterocycles. The first-order valence-corrected chi connectivity index (χ1v) is 11.2. The second-order valence-corrected chi connectivity index (χ2v) is 7.95. The van der Waals surface area contributed by atoms with Crippen LogP contribution in [-0.2, 0) is 0 Å². The van der Waals surface area contributed by atoms with Gasteiger partial charge in [-0.15, -0.1) is 0 Å². The molecule has 0 bridgehead atoms. The molecule has 0 spiro atoms. The Kier molecular flexibility index (Phi) is 10.2. The Hall–Kier alpha value is -1.85. The van der Waals surface area contributed by atoms with Gasteiger partial charge in [0.15, 0.2) is 0 Å². The van der Waals surface area contributed by atoms with Crippen molar-refractivity contribution in [2.75, 3.05) is 32.5 Å². The van der Waals surface area contributed by atoms with Crippen LogP contribution in [-0.4, -0.2) is 41.7 Å². The standard InChI is InChI=1S/C24H39N3O2/c1-4-6-8-10-14-27(15-11-9-7-5-2)18-23(28)20-12-13-26-24-21(20)16-19(29-3)17-22(24)25/h12-13,16-17,23,28H,4-11,14-15,18,25H2,1-3H3. The zero-order valence-electron chi connectivity index (χ0n) is 18.5. The molecule has 0 radical (unpaired) electrons. The highest BCUT2D eigenvalue weighted by molar-refractivity contribution is 5.93. The van der Waals surface area contributed by atoms with E-state index in [-0.39, 0.29) is 0 Å². The number of ether oxygens (including phenoxy) is 1. The molecule has 1 atom stereocenters. The fourth-order valence-electron chi connectivity index (χ4n) is 3.85. The molecule has 0 aliphatic heterocycles. The molecular weight excluding hydrogens is 362 g/mol. The number of pyridine rings is 1. The maximum atomic E-state index is 11.1. The van der Waals surface area contributed by atoms with Gasteiger partial charge in [0.2, 0.25) is 0 Å². The minimum Gasteiger partial charge on any atom is -0.497 e. The number of nitrogen functional groups attached to an aromatic ring is 1. The predicted molar refractivity (Wildman–Crippen MR) is 122 cm³/mol. The first kappa shape index (κ1) is 23.4. The fraction of sp³-hybridized carbons (Fsp3) is 0.625. The summed E-state index contributed by atoms with van der Waals surface area (Å²) >= 11 is 0. The summed E-state index contributed by atoms with van der Waals surface area (Å²) in [6.07, 6.45) is 11.1. The molecule has 0 amide bonds. The zero-order valence-corrected chi connectivity index (χ0v) is 18.5. The smallest absolute Gasteiger partial charge is 0.121 e. The SMILES string of the molecule is CCCCCCN(CCCCCC)CC(O)c1ccnc2c(N)cc(OC)cc12. The summed E-state index contributed by atoms with van der Waals surface area (Å²) in [6, 6.07) is 5.60. The van der Waals surface area contributed by atoms with Crippen LogP contribution >= 0.6 is 0 Å². The quantitative estimate of drug-likeness (QED) is 0.331. The average molecular weight is 402 g/mol. The molecule has 29 heavy (non-hydrogen) atoms. The van der Waals surface area contributed by atoms with Crippen LogP contribution in [0.3, 0.4) is 0 Å². The van der Waals surface area contributed by atoms with E-state index in [1.165, 1.54) is 51.4 Å². The van der Waals surface area contributed by atoms with Gasteiger partial charge < -0.3 is 20.5 Å².